The first-order chi connectivity index (χ1) is 10.1. The summed E-state index contributed by atoms with van der Waals surface area (Å²) in [4.78, 5) is 0. The summed E-state index contributed by atoms with van der Waals surface area (Å²) >= 11 is 0. The Morgan fingerprint density at radius 2 is 1.81 bits per heavy atom. The maximum absolute atomic E-state index is 14.6. The minimum Gasteiger partial charge on any atom is -0.306 e. The van der Waals surface area contributed by atoms with E-state index in [2.05, 4.69) is 37.4 Å². The summed E-state index contributed by atoms with van der Waals surface area (Å²) in [7, 11) is 0. The van der Waals surface area contributed by atoms with Crippen LogP contribution in [-0.4, -0.2) is 6.54 Å². The summed E-state index contributed by atoms with van der Waals surface area (Å²) in [6.07, 6.45) is 0.949. The zero-order valence-electron chi connectivity index (χ0n) is 13.3. The molecule has 0 aliphatic rings. The molecule has 1 unspecified atom stereocenters. The molecule has 0 bridgehead atoms. The fourth-order valence-electron chi connectivity index (χ4n) is 3.00. The van der Waals surface area contributed by atoms with Crippen molar-refractivity contribution < 1.29 is 4.39 Å². The molecule has 21 heavy (non-hydrogen) atoms. The van der Waals surface area contributed by atoms with Crippen LogP contribution < -0.4 is 5.32 Å². The SMILES string of the molecule is CCNC(c1ccccc1CC)c1c(C)cc(C)cc1F. The van der Waals surface area contributed by atoms with Gasteiger partial charge in [-0.15, -0.1) is 0 Å². The van der Waals surface area contributed by atoms with Gasteiger partial charge in [-0.1, -0.05) is 44.2 Å². The fourth-order valence-corrected chi connectivity index (χ4v) is 3.00. The summed E-state index contributed by atoms with van der Waals surface area (Å²) in [5.74, 6) is -0.121. The molecule has 0 aliphatic heterocycles. The van der Waals surface area contributed by atoms with Gasteiger partial charge in [0.15, 0.2) is 0 Å². The summed E-state index contributed by atoms with van der Waals surface area (Å²) in [5.41, 5.74) is 5.18. The highest BCUT2D eigenvalue weighted by Gasteiger charge is 2.21. The second kappa shape index (κ2) is 6.86. The van der Waals surface area contributed by atoms with Gasteiger partial charge in [-0.2, -0.15) is 0 Å². The molecule has 0 aliphatic carbocycles. The average molecular weight is 285 g/mol. The number of hydrogen-bond acceptors (Lipinski definition) is 1. The largest absolute Gasteiger partial charge is 0.306 e. The quantitative estimate of drug-likeness (QED) is 0.839. The van der Waals surface area contributed by atoms with Crippen LogP contribution in [0.5, 0.6) is 0 Å². The minimum atomic E-state index is -0.121. The van der Waals surface area contributed by atoms with E-state index in [1.54, 1.807) is 6.07 Å². The maximum Gasteiger partial charge on any atom is 0.128 e. The lowest BCUT2D eigenvalue weighted by Crippen LogP contribution is -2.25. The third-order valence-corrected chi connectivity index (χ3v) is 3.92. The van der Waals surface area contributed by atoms with Gasteiger partial charge in [-0.3, -0.25) is 0 Å². The van der Waals surface area contributed by atoms with Crippen LogP contribution in [0.2, 0.25) is 0 Å². The number of benzene rings is 2. The van der Waals surface area contributed by atoms with Crippen LogP contribution >= 0.6 is 0 Å². The zero-order chi connectivity index (χ0) is 15.4. The average Bonchev–Trinajstić information content (AvgIpc) is 2.45. The molecule has 1 nitrogen and oxygen atoms in total. The number of aryl methyl sites for hydroxylation is 3. The molecule has 2 rings (SSSR count). The molecule has 0 saturated carbocycles. The molecule has 0 saturated heterocycles. The first-order valence-electron chi connectivity index (χ1n) is 7.66. The molecule has 0 spiro atoms. The van der Waals surface area contributed by atoms with Crippen LogP contribution in [0, 0.1) is 19.7 Å². The van der Waals surface area contributed by atoms with Gasteiger partial charge in [0.2, 0.25) is 0 Å². The van der Waals surface area contributed by atoms with E-state index in [0.29, 0.717) is 0 Å². The van der Waals surface area contributed by atoms with Crippen LogP contribution in [0.3, 0.4) is 0 Å². The Morgan fingerprint density at radius 1 is 1.10 bits per heavy atom. The Morgan fingerprint density at radius 3 is 2.43 bits per heavy atom. The van der Waals surface area contributed by atoms with E-state index in [1.165, 1.54) is 11.1 Å². The second-order valence-electron chi connectivity index (χ2n) is 5.52. The Bertz CT molecular complexity index is 596. The van der Waals surface area contributed by atoms with Crippen molar-refractivity contribution in [1.82, 2.24) is 5.32 Å². The number of halogens is 1. The van der Waals surface area contributed by atoms with Gasteiger partial charge in [-0.25, -0.2) is 4.39 Å². The molecule has 0 fully saturated rings. The van der Waals surface area contributed by atoms with Gasteiger partial charge >= 0.3 is 0 Å². The Hall–Kier alpha value is -1.67. The lowest BCUT2D eigenvalue weighted by atomic mass is 9.89. The lowest BCUT2D eigenvalue weighted by Gasteiger charge is -2.24. The molecule has 0 heterocycles. The van der Waals surface area contributed by atoms with E-state index in [-0.39, 0.29) is 11.9 Å². The van der Waals surface area contributed by atoms with Crippen LogP contribution in [0.4, 0.5) is 4.39 Å². The van der Waals surface area contributed by atoms with E-state index >= 15 is 0 Å². The normalized spacial score (nSPS) is 12.4. The Labute approximate surface area is 127 Å². The molecule has 112 valence electrons. The molecule has 0 amide bonds. The second-order valence-corrected chi connectivity index (χ2v) is 5.52. The van der Waals surface area contributed by atoms with Gasteiger partial charge < -0.3 is 5.32 Å². The van der Waals surface area contributed by atoms with Crippen molar-refractivity contribution in [3.8, 4) is 0 Å². The monoisotopic (exact) mass is 285 g/mol. The van der Waals surface area contributed by atoms with Crippen molar-refractivity contribution in [2.45, 2.75) is 40.2 Å². The molecule has 0 aromatic heterocycles. The topological polar surface area (TPSA) is 12.0 Å². The highest BCUT2D eigenvalue weighted by atomic mass is 19.1. The first-order valence-corrected chi connectivity index (χ1v) is 7.66. The molecular formula is C19H24FN. The van der Waals surface area contributed by atoms with Crippen LogP contribution in [0.15, 0.2) is 36.4 Å². The van der Waals surface area contributed by atoms with E-state index in [4.69, 9.17) is 0 Å². The molecular weight excluding hydrogens is 261 g/mol. The molecule has 2 heteroatoms. The Balaban J connectivity index is 2.59. The van der Waals surface area contributed by atoms with E-state index in [0.717, 1.165) is 29.7 Å². The first kappa shape index (κ1) is 15.7. The number of rotatable bonds is 5. The lowest BCUT2D eigenvalue weighted by molar-refractivity contribution is 0.553. The van der Waals surface area contributed by atoms with Crippen molar-refractivity contribution >= 4 is 0 Å². The van der Waals surface area contributed by atoms with Gasteiger partial charge in [0.05, 0.1) is 6.04 Å². The van der Waals surface area contributed by atoms with Crippen molar-refractivity contribution in [3.63, 3.8) is 0 Å². The zero-order valence-corrected chi connectivity index (χ0v) is 13.3. The van der Waals surface area contributed by atoms with Gasteiger partial charge in [0.1, 0.15) is 5.82 Å². The Kier molecular flexibility index (Phi) is 5.13. The van der Waals surface area contributed by atoms with E-state index in [1.807, 2.05) is 26.0 Å². The van der Waals surface area contributed by atoms with Crippen molar-refractivity contribution in [1.29, 1.82) is 0 Å². The molecule has 1 N–H and O–H groups in total. The highest BCUT2D eigenvalue weighted by Crippen LogP contribution is 2.30. The van der Waals surface area contributed by atoms with Gasteiger partial charge in [0.25, 0.3) is 0 Å². The summed E-state index contributed by atoms with van der Waals surface area (Å²) < 4.78 is 14.6. The summed E-state index contributed by atoms with van der Waals surface area (Å²) in [6.45, 7) is 8.92. The summed E-state index contributed by atoms with van der Waals surface area (Å²) in [6, 6.07) is 11.9. The highest BCUT2D eigenvalue weighted by molar-refractivity contribution is 5.43. The van der Waals surface area contributed by atoms with Crippen LogP contribution in [0.25, 0.3) is 0 Å². The fraction of sp³-hybridized carbons (Fsp3) is 0.368. The molecule has 0 radical (unpaired) electrons. The summed E-state index contributed by atoms with van der Waals surface area (Å²) in [5, 5.41) is 3.45. The number of hydrogen-bond donors (Lipinski definition) is 1. The van der Waals surface area contributed by atoms with E-state index < -0.39 is 0 Å². The predicted molar refractivity (Wildman–Crippen MR) is 87.2 cm³/mol. The van der Waals surface area contributed by atoms with Gasteiger partial charge in [0, 0.05) is 5.56 Å². The molecule has 1 atom stereocenters. The minimum absolute atomic E-state index is 0.0910. The third kappa shape index (κ3) is 3.33. The van der Waals surface area contributed by atoms with Crippen LogP contribution in [0.1, 0.15) is 47.7 Å². The predicted octanol–water partition coefficient (Wildman–Crippen LogP) is 4.70. The molecule has 2 aromatic carbocycles. The van der Waals surface area contributed by atoms with Crippen molar-refractivity contribution in [2.24, 2.45) is 0 Å². The maximum atomic E-state index is 14.6. The smallest absolute Gasteiger partial charge is 0.128 e. The van der Waals surface area contributed by atoms with Crippen LogP contribution in [-0.2, 0) is 6.42 Å². The van der Waals surface area contributed by atoms with Gasteiger partial charge in [-0.05, 0) is 55.1 Å². The van der Waals surface area contributed by atoms with Crippen molar-refractivity contribution in [2.75, 3.05) is 6.54 Å². The number of nitrogens with one attached hydrogen (secondary N) is 1. The standard InChI is InChI=1S/C19H24FN/c1-5-15-9-7-8-10-16(15)19(21-6-2)18-14(4)11-13(3)12-17(18)20/h7-12,19,21H,5-6H2,1-4H3. The van der Waals surface area contributed by atoms with Crippen molar-refractivity contribution in [3.05, 3.63) is 70.0 Å². The third-order valence-electron chi connectivity index (χ3n) is 3.92. The molecule has 2 aromatic rings. The van der Waals surface area contributed by atoms with E-state index in [9.17, 15) is 4.39 Å².